The van der Waals surface area contributed by atoms with Gasteiger partial charge in [0.15, 0.2) is 5.78 Å². The molecular weight excluding hydrogens is 342 g/mol. The van der Waals surface area contributed by atoms with Crippen LogP contribution in [-0.4, -0.2) is 38.2 Å². The predicted molar refractivity (Wildman–Crippen MR) is 103 cm³/mol. The maximum atomic E-state index is 12.6. The van der Waals surface area contributed by atoms with Crippen LogP contribution in [0.3, 0.4) is 0 Å². The molecule has 0 saturated heterocycles. The van der Waals surface area contributed by atoms with E-state index in [9.17, 15) is 9.59 Å². The first-order valence-corrected chi connectivity index (χ1v) is 8.82. The minimum Gasteiger partial charge on any atom is -0.490 e. The Morgan fingerprint density at radius 1 is 1.15 bits per heavy atom. The number of carbonyl (C=O) groups excluding carboxylic acids is 2. The van der Waals surface area contributed by atoms with Gasteiger partial charge < -0.3 is 9.47 Å². The van der Waals surface area contributed by atoms with Crippen molar-refractivity contribution < 1.29 is 19.1 Å². The van der Waals surface area contributed by atoms with E-state index in [-0.39, 0.29) is 12.3 Å². The van der Waals surface area contributed by atoms with Gasteiger partial charge in [0.2, 0.25) is 6.08 Å². The summed E-state index contributed by atoms with van der Waals surface area (Å²) in [5, 5.41) is 0. The van der Waals surface area contributed by atoms with Crippen LogP contribution < -0.4 is 4.74 Å². The van der Waals surface area contributed by atoms with Crippen LogP contribution in [0, 0.1) is 0 Å². The molecule has 1 aliphatic carbocycles. The van der Waals surface area contributed by atoms with Crippen molar-refractivity contribution in [3.05, 3.63) is 65.2 Å². The quantitative estimate of drug-likeness (QED) is 0.191. The normalized spacial score (nSPS) is 11.3. The first-order chi connectivity index (χ1) is 13.1. The van der Waals surface area contributed by atoms with Gasteiger partial charge in [-0.1, -0.05) is 36.9 Å². The number of nitrogens with zero attached hydrogens (tertiary/aromatic N) is 1. The molecule has 0 amide bonds. The summed E-state index contributed by atoms with van der Waals surface area (Å²) in [6.07, 6.45) is 2.20. The van der Waals surface area contributed by atoms with Crippen molar-refractivity contribution in [2.75, 3.05) is 26.4 Å². The van der Waals surface area contributed by atoms with E-state index in [1.807, 2.05) is 24.3 Å². The van der Waals surface area contributed by atoms with Crippen LogP contribution in [0.15, 0.2) is 53.5 Å². The lowest BCUT2D eigenvalue weighted by atomic mass is 9.97. The molecule has 0 saturated carbocycles. The first kappa shape index (κ1) is 18.8. The number of aliphatic imine (C=N–C) groups is 1. The Labute approximate surface area is 158 Å². The van der Waals surface area contributed by atoms with Crippen molar-refractivity contribution in [3.8, 4) is 16.9 Å². The predicted octanol–water partition coefficient (Wildman–Crippen LogP) is 3.75. The SMILES string of the molecule is C=C(C)C(=O)c1ccc2c(c1OCCOCCN=C=O)Cc1ccccc1-2. The molecule has 0 atom stereocenters. The number of ether oxygens (including phenoxy) is 2. The number of allylic oxidation sites excluding steroid dienone is 1. The van der Waals surface area contributed by atoms with Crippen LogP contribution in [-0.2, 0) is 16.0 Å². The van der Waals surface area contributed by atoms with E-state index in [1.54, 1.807) is 6.92 Å². The molecule has 0 unspecified atom stereocenters. The average molecular weight is 363 g/mol. The lowest BCUT2D eigenvalue weighted by Crippen LogP contribution is -2.13. The molecule has 5 heteroatoms. The van der Waals surface area contributed by atoms with E-state index in [2.05, 4.69) is 23.7 Å². The van der Waals surface area contributed by atoms with Crippen molar-refractivity contribution >= 4 is 11.9 Å². The monoisotopic (exact) mass is 363 g/mol. The molecule has 3 rings (SSSR count). The van der Waals surface area contributed by atoms with Crippen LogP contribution >= 0.6 is 0 Å². The molecule has 0 heterocycles. The Bertz CT molecular complexity index is 926. The van der Waals surface area contributed by atoms with Gasteiger partial charge in [0, 0.05) is 12.0 Å². The largest absolute Gasteiger partial charge is 0.490 e. The first-order valence-electron chi connectivity index (χ1n) is 8.82. The second kappa shape index (κ2) is 8.58. The number of carbonyl (C=O) groups is 1. The molecule has 0 bridgehead atoms. The van der Waals surface area contributed by atoms with Crippen molar-refractivity contribution in [2.24, 2.45) is 4.99 Å². The van der Waals surface area contributed by atoms with Crippen LogP contribution in [0.1, 0.15) is 28.4 Å². The van der Waals surface area contributed by atoms with Gasteiger partial charge in [-0.15, -0.1) is 0 Å². The van der Waals surface area contributed by atoms with Gasteiger partial charge in [0.05, 0.1) is 25.3 Å². The number of hydrogen-bond acceptors (Lipinski definition) is 5. The van der Waals surface area contributed by atoms with Gasteiger partial charge in [0.25, 0.3) is 0 Å². The summed E-state index contributed by atoms with van der Waals surface area (Å²) in [6, 6.07) is 12.0. The molecule has 0 N–H and O–H groups in total. The number of benzene rings is 2. The summed E-state index contributed by atoms with van der Waals surface area (Å²) in [7, 11) is 0. The minimum atomic E-state index is -0.120. The van der Waals surface area contributed by atoms with Crippen molar-refractivity contribution in [1.29, 1.82) is 0 Å². The summed E-state index contributed by atoms with van der Waals surface area (Å²) >= 11 is 0. The summed E-state index contributed by atoms with van der Waals surface area (Å²) in [5.74, 6) is 0.483. The molecule has 27 heavy (non-hydrogen) atoms. The Morgan fingerprint density at radius 3 is 2.74 bits per heavy atom. The van der Waals surface area contributed by atoms with E-state index in [0.717, 1.165) is 17.5 Å². The number of fused-ring (bicyclic) bond motifs is 3. The average Bonchev–Trinajstić information content (AvgIpc) is 3.05. The van der Waals surface area contributed by atoms with E-state index in [0.29, 0.717) is 36.7 Å². The molecule has 2 aromatic carbocycles. The Morgan fingerprint density at radius 2 is 1.96 bits per heavy atom. The molecule has 0 aliphatic heterocycles. The summed E-state index contributed by atoms with van der Waals surface area (Å²) in [6.45, 7) is 6.71. The zero-order valence-corrected chi connectivity index (χ0v) is 15.3. The highest BCUT2D eigenvalue weighted by atomic mass is 16.5. The fourth-order valence-electron chi connectivity index (χ4n) is 3.22. The number of ketones is 1. The molecule has 138 valence electrons. The third-order valence-corrected chi connectivity index (χ3v) is 4.45. The zero-order valence-electron chi connectivity index (χ0n) is 15.3. The molecule has 0 radical (unpaired) electrons. The fourth-order valence-corrected chi connectivity index (χ4v) is 3.22. The molecule has 0 fully saturated rings. The smallest absolute Gasteiger partial charge is 0.235 e. The van der Waals surface area contributed by atoms with Gasteiger partial charge in [-0.3, -0.25) is 4.79 Å². The van der Waals surface area contributed by atoms with Gasteiger partial charge in [-0.25, -0.2) is 9.79 Å². The Balaban J connectivity index is 1.82. The number of isocyanates is 1. The highest BCUT2D eigenvalue weighted by molar-refractivity contribution is 6.10. The second-order valence-corrected chi connectivity index (χ2v) is 6.35. The fraction of sp³-hybridized carbons (Fsp3) is 0.273. The van der Waals surface area contributed by atoms with E-state index in [4.69, 9.17) is 9.47 Å². The van der Waals surface area contributed by atoms with Crippen molar-refractivity contribution in [1.82, 2.24) is 0 Å². The Hall–Kier alpha value is -3.01. The lowest BCUT2D eigenvalue weighted by molar-refractivity contribution is 0.0993. The number of hydrogen-bond donors (Lipinski definition) is 0. The maximum Gasteiger partial charge on any atom is 0.235 e. The molecule has 2 aromatic rings. The topological polar surface area (TPSA) is 65.0 Å². The summed E-state index contributed by atoms with van der Waals surface area (Å²) in [5.41, 5.74) is 5.52. The summed E-state index contributed by atoms with van der Waals surface area (Å²) in [4.78, 5) is 26.0. The van der Waals surface area contributed by atoms with E-state index < -0.39 is 0 Å². The van der Waals surface area contributed by atoms with Gasteiger partial charge >= 0.3 is 0 Å². The van der Waals surface area contributed by atoms with Gasteiger partial charge in [-0.2, -0.15) is 0 Å². The minimum absolute atomic E-state index is 0.120. The highest BCUT2D eigenvalue weighted by Gasteiger charge is 2.26. The highest BCUT2D eigenvalue weighted by Crippen LogP contribution is 2.43. The maximum absolute atomic E-state index is 12.6. The van der Waals surface area contributed by atoms with Crippen LogP contribution in [0.4, 0.5) is 0 Å². The third kappa shape index (κ3) is 4.05. The van der Waals surface area contributed by atoms with E-state index >= 15 is 0 Å². The van der Waals surface area contributed by atoms with Crippen molar-refractivity contribution in [2.45, 2.75) is 13.3 Å². The van der Waals surface area contributed by atoms with Gasteiger partial charge in [0.1, 0.15) is 12.4 Å². The molecule has 5 nitrogen and oxygen atoms in total. The van der Waals surface area contributed by atoms with Crippen molar-refractivity contribution in [3.63, 3.8) is 0 Å². The lowest BCUT2D eigenvalue weighted by Gasteiger charge is -2.15. The molecule has 0 spiro atoms. The second-order valence-electron chi connectivity index (χ2n) is 6.35. The van der Waals surface area contributed by atoms with Crippen LogP contribution in [0.2, 0.25) is 0 Å². The van der Waals surface area contributed by atoms with E-state index in [1.165, 1.54) is 17.2 Å². The van der Waals surface area contributed by atoms with Crippen LogP contribution in [0.5, 0.6) is 5.75 Å². The zero-order chi connectivity index (χ0) is 19.2. The molecular formula is C22H21NO4. The molecule has 0 aromatic heterocycles. The number of rotatable bonds is 9. The Kier molecular flexibility index (Phi) is 5.97. The van der Waals surface area contributed by atoms with Crippen LogP contribution in [0.25, 0.3) is 11.1 Å². The van der Waals surface area contributed by atoms with Gasteiger partial charge in [-0.05, 0) is 35.3 Å². The number of Topliss-reactive ketones (excluding diaryl/α,β-unsaturated/α-hetero) is 1. The molecule has 1 aliphatic rings. The third-order valence-electron chi connectivity index (χ3n) is 4.45. The summed E-state index contributed by atoms with van der Waals surface area (Å²) < 4.78 is 11.4. The standard InChI is InChI=1S/C22H21NO4/c1-15(2)21(25)19-8-7-18-17-6-4-3-5-16(17)13-20(18)22(19)27-12-11-26-10-9-23-14-24/h3-8H,1,9-13H2,2H3.